The monoisotopic (exact) mass is 327 g/mol. The molecule has 0 aliphatic carbocycles. The topological polar surface area (TPSA) is 3.24 Å². The second-order valence-corrected chi connectivity index (χ2v) is 10.8. The molecule has 0 radical (unpaired) electrons. The van der Waals surface area contributed by atoms with Gasteiger partial charge in [-0.15, -0.1) is 0 Å². The largest absolute Gasteiger partial charge is 0.279 e. The van der Waals surface area contributed by atoms with Crippen LogP contribution in [0.1, 0.15) is 88.5 Å². The van der Waals surface area contributed by atoms with Gasteiger partial charge in [-0.25, -0.2) is 0 Å². The van der Waals surface area contributed by atoms with Crippen LogP contribution in [0, 0.1) is 28.6 Å². The molecule has 0 spiro atoms. The molecule has 1 rings (SSSR count). The average Bonchev–Trinajstić information content (AvgIpc) is 2.31. The van der Waals surface area contributed by atoms with Gasteiger partial charge in [0.15, 0.2) is 0 Å². The SMILES string of the molecule is CCC1C(C(C)C)C(C)(C)CC(C)(C)N(P)C(C)CC1(C)C. The second-order valence-electron chi connectivity index (χ2n) is 10.2. The third-order valence-electron chi connectivity index (χ3n) is 6.38. The van der Waals surface area contributed by atoms with E-state index in [1.54, 1.807) is 0 Å². The van der Waals surface area contributed by atoms with E-state index in [0.717, 1.165) is 17.8 Å². The Morgan fingerprint density at radius 1 is 1.05 bits per heavy atom. The zero-order chi connectivity index (χ0) is 17.5. The smallest absolute Gasteiger partial charge is 0.0193 e. The van der Waals surface area contributed by atoms with Crippen LogP contribution in [0.25, 0.3) is 0 Å². The van der Waals surface area contributed by atoms with E-state index in [2.05, 4.69) is 83.3 Å². The molecular formula is C20H42NP. The van der Waals surface area contributed by atoms with E-state index in [9.17, 15) is 0 Å². The molecular weight excluding hydrogens is 285 g/mol. The fraction of sp³-hybridized carbons (Fsp3) is 1.00. The maximum atomic E-state index is 3.05. The Balaban J connectivity index is 3.43. The lowest BCUT2D eigenvalue weighted by Gasteiger charge is -2.49. The van der Waals surface area contributed by atoms with Gasteiger partial charge in [0.2, 0.25) is 0 Å². The highest BCUT2D eigenvalue weighted by Gasteiger charge is 2.48. The minimum absolute atomic E-state index is 0.222. The third-order valence-corrected chi connectivity index (χ3v) is 7.59. The lowest BCUT2D eigenvalue weighted by atomic mass is 9.56. The molecule has 1 saturated heterocycles. The van der Waals surface area contributed by atoms with E-state index in [0.29, 0.717) is 16.9 Å². The molecule has 1 heterocycles. The van der Waals surface area contributed by atoms with Crippen LogP contribution in [0.4, 0.5) is 0 Å². The molecule has 1 aliphatic rings. The Bertz CT molecular complexity index is 370. The van der Waals surface area contributed by atoms with Crippen molar-refractivity contribution in [3.63, 3.8) is 0 Å². The van der Waals surface area contributed by atoms with Crippen molar-refractivity contribution in [1.82, 2.24) is 4.67 Å². The van der Waals surface area contributed by atoms with Gasteiger partial charge in [-0.3, -0.25) is 4.67 Å². The summed E-state index contributed by atoms with van der Waals surface area (Å²) < 4.78 is 2.56. The Morgan fingerprint density at radius 3 is 1.95 bits per heavy atom. The average molecular weight is 328 g/mol. The highest BCUT2D eigenvalue weighted by atomic mass is 31.0. The van der Waals surface area contributed by atoms with E-state index in [-0.39, 0.29) is 5.54 Å². The molecule has 0 amide bonds. The maximum absolute atomic E-state index is 3.05. The van der Waals surface area contributed by atoms with Crippen LogP contribution in [0.15, 0.2) is 0 Å². The lowest BCUT2D eigenvalue weighted by molar-refractivity contribution is 0.00301. The van der Waals surface area contributed by atoms with Crippen molar-refractivity contribution in [2.24, 2.45) is 28.6 Å². The summed E-state index contributed by atoms with van der Waals surface area (Å²) in [6.45, 7) is 24.6. The molecule has 0 aromatic carbocycles. The zero-order valence-electron chi connectivity index (χ0n) is 17.0. The van der Waals surface area contributed by atoms with Gasteiger partial charge >= 0.3 is 0 Å². The molecule has 1 aliphatic heterocycles. The van der Waals surface area contributed by atoms with Crippen LogP contribution in [-0.2, 0) is 0 Å². The van der Waals surface area contributed by atoms with Crippen molar-refractivity contribution in [2.75, 3.05) is 0 Å². The van der Waals surface area contributed by atoms with Gasteiger partial charge in [-0.05, 0) is 62.2 Å². The number of hydrogen-bond acceptors (Lipinski definition) is 1. The summed E-state index contributed by atoms with van der Waals surface area (Å²) in [6, 6.07) is 0.603. The molecule has 0 aromatic heterocycles. The van der Waals surface area contributed by atoms with Gasteiger partial charge in [0.05, 0.1) is 0 Å². The van der Waals surface area contributed by atoms with Crippen molar-refractivity contribution in [1.29, 1.82) is 0 Å². The first-order chi connectivity index (χ1) is 9.76. The van der Waals surface area contributed by atoms with Gasteiger partial charge in [0, 0.05) is 11.6 Å². The van der Waals surface area contributed by atoms with E-state index in [1.807, 2.05) is 0 Å². The lowest BCUT2D eigenvalue weighted by Crippen LogP contribution is -2.46. The van der Waals surface area contributed by atoms with Gasteiger partial charge in [0.1, 0.15) is 0 Å². The molecule has 4 unspecified atom stereocenters. The van der Waals surface area contributed by atoms with Crippen LogP contribution in [0.3, 0.4) is 0 Å². The Hall–Kier alpha value is 0.390. The normalized spacial score (nSPS) is 35.7. The van der Waals surface area contributed by atoms with Crippen molar-refractivity contribution in [3.8, 4) is 0 Å². The summed E-state index contributed by atoms with van der Waals surface area (Å²) in [5.74, 6) is 2.30. The molecule has 0 N–H and O–H groups in total. The molecule has 132 valence electrons. The van der Waals surface area contributed by atoms with Crippen molar-refractivity contribution >= 4 is 9.39 Å². The van der Waals surface area contributed by atoms with Crippen LogP contribution in [0.5, 0.6) is 0 Å². The van der Waals surface area contributed by atoms with Crippen molar-refractivity contribution in [2.45, 2.75) is 100 Å². The molecule has 1 fully saturated rings. The Kier molecular flexibility index (Phi) is 6.24. The van der Waals surface area contributed by atoms with Crippen LogP contribution in [-0.4, -0.2) is 16.3 Å². The quantitative estimate of drug-likeness (QED) is 0.531. The fourth-order valence-corrected chi connectivity index (χ4v) is 6.33. The molecule has 1 nitrogen and oxygen atoms in total. The van der Waals surface area contributed by atoms with Crippen LogP contribution < -0.4 is 0 Å². The molecule has 22 heavy (non-hydrogen) atoms. The van der Waals surface area contributed by atoms with Crippen molar-refractivity contribution < 1.29 is 0 Å². The summed E-state index contributed by atoms with van der Waals surface area (Å²) in [4.78, 5) is 0. The fourth-order valence-electron chi connectivity index (χ4n) is 6.14. The summed E-state index contributed by atoms with van der Waals surface area (Å²) in [6.07, 6.45) is 3.82. The summed E-state index contributed by atoms with van der Waals surface area (Å²) in [7, 11) is 3.05. The molecule has 0 bridgehead atoms. The summed E-state index contributed by atoms with van der Waals surface area (Å²) in [5.41, 5.74) is 0.962. The summed E-state index contributed by atoms with van der Waals surface area (Å²) in [5, 5.41) is 0. The second kappa shape index (κ2) is 6.72. The van der Waals surface area contributed by atoms with E-state index in [1.165, 1.54) is 19.3 Å². The Morgan fingerprint density at radius 2 is 1.55 bits per heavy atom. The third kappa shape index (κ3) is 4.07. The highest BCUT2D eigenvalue weighted by molar-refractivity contribution is 7.13. The maximum Gasteiger partial charge on any atom is 0.0193 e. The molecule has 2 heteroatoms. The number of nitrogens with zero attached hydrogens (tertiary/aromatic N) is 1. The molecule has 0 aromatic rings. The van der Waals surface area contributed by atoms with Crippen LogP contribution in [0.2, 0.25) is 0 Å². The van der Waals surface area contributed by atoms with Gasteiger partial charge in [0.25, 0.3) is 0 Å². The standard InChI is InChI=1S/C20H42NP/c1-11-16-17(14(2)3)19(7,8)13-20(9,10)21(22)15(4)12-18(16,5)6/h14-17H,11-13,22H2,1-10H3. The minimum Gasteiger partial charge on any atom is -0.279 e. The molecule has 0 saturated carbocycles. The van der Waals surface area contributed by atoms with Crippen LogP contribution >= 0.6 is 9.39 Å². The molecule has 4 atom stereocenters. The number of rotatable bonds is 2. The zero-order valence-corrected chi connectivity index (χ0v) is 18.1. The van der Waals surface area contributed by atoms with Gasteiger partial charge in [-0.1, -0.05) is 64.3 Å². The first-order valence-corrected chi connectivity index (χ1v) is 9.82. The van der Waals surface area contributed by atoms with Gasteiger partial charge in [-0.2, -0.15) is 0 Å². The van der Waals surface area contributed by atoms with Gasteiger partial charge < -0.3 is 0 Å². The van der Waals surface area contributed by atoms with Crippen molar-refractivity contribution in [3.05, 3.63) is 0 Å². The van der Waals surface area contributed by atoms with E-state index in [4.69, 9.17) is 0 Å². The number of hydrogen-bond donors (Lipinski definition) is 0. The minimum atomic E-state index is 0.222. The first kappa shape index (κ1) is 20.4. The van der Waals surface area contributed by atoms with E-state index >= 15 is 0 Å². The predicted molar refractivity (Wildman–Crippen MR) is 104 cm³/mol. The Labute approximate surface area is 143 Å². The summed E-state index contributed by atoms with van der Waals surface area (Å²) >= 11 is 0. The highest BCUT2D eigenvalue weighted by Crippen LogP contribution is 2.54. The predicted octanol–water partition coefficient (Wildman–Crippen LogP) is 6.39. The first-order valence-electron chi connectivity index (χ1n) is 9.30. The van der Waals surface area contributed by atoms with E-state index < -0.39 is 0 Å².